The van der Waals surface area contributed by atoms with Crippen LogP contribution in [0.1, 0.15) is 19.8 Å². The Morgan fingerprint density at radius 3 is 2.42 bits per heavy atom. The molecule has 0 aromatic heterocycles. The van der Waals surface area contributed by atoms with E-state index in [1.54, 1.807) is 0 Å². The Hall–Kier alpha value is -1.51. The minimum absolute atomic E-state index is 0. The van der Waals surface area contributed by atoms with E-state index in [0.29, 0.717) is 24.5 Å². The summed E-state index contributed by atoms with van der Waals surface area (Å²) in [5.41, 5.74) is 5.58. The lowest BCUT2D eigenvalue weighted by molar-refractivity contribution is -0.120. The molecule has 0 bridgehead atoms. The average molecular weight is 381 g/mol. The van der Waals surface area contributed by atoms with Gasteiger partial charge in [-0.2, -0.15) is 0 Å². The molecule has 24 heavy (non-hydrogen) atoms. The Morgan fingerprint density at radius 1 is 1.25 bits per heavy atom. The monoisotopic (exact) mass is 380 g/mol. The number of benzene rings is 1. The minimum atomic E-state index is -3.58. The number of nitrogens with one attached hydrogen (secondary N) is 1. The number of hydrogen-bond acceptors (Lipinski definition) is 6. The van der Waals surface area contributed by atoms with Crippen LogP contribution in [0.5, 0.6) is 11.5 Å². The molecule has 0 saturated heterocycles. The third-order valence-electron chi connectivity index (χ3n) is 3.23. The Labute approximate surface area is 149 Å². The predicted molar refractivity (Wildman–Crippen MR) is 94.7 cm³/mol. The lowest BCUT2D eigenvalue weighted by Crippen LogP contribution is -2.30. The molecule has 1 aromatic rings. The second-order valence-electron chi connectivity index (χ2n) is 5.20. The van der Waals surface area contributed by atoms with E-state index in [1.165, 1.54) is 32.4 Å². The molecule has 1 atom stereocenters. The molecule has 0 saturated carbocycles. The maximum atomic E-state index is 12.3. The summed E-state index contributed by atoms with van der Waals surface area (Å²) < 4.78 is 34.7. The van der Waals surface area contributed by atoms with E-state index in [4.69, 9.17) is 15.2 Å². The van der Waals surface area contributed by atoms with Crippen molar-refractivity contribution in [3.63, 3.8) is 0 Å². The van der Waals surface area contributed by atoms with Crippen LogP contribution in [0.2, 0.25) is 0 Å². The Morgan fingerprint density at radius 2 is 1.88 bits per heavy atom. The van der Waals surface area contributed by atoms with Crippen molar-refractivity contribution in [2.45, 2.75) is 30.7 Å². The SMILES string of the molecule is COc1ccc(S(=O)(=O)CCC(=O)NCCC(C)N)cc1OC.Cl. The highest BCUT2D eigenvalue weighted by Gasteiger charge is 2.18. The van der Waals surface area contributed by atoms with E-state index in [9.17, 15) is 13.2 Å². The number of methoxy groups -OCH3 is 2. The van der Waals surface area contributed by atoms with Crippen LogP contribution in [0.25, 0.3) is 0 Å². The second-order valence-corrected chi connectivity index (χ2v) is 7.31. The topological polar surface area (TPSA) is 108 Å². The number of halogens is 1. The molecule has 0 aliphatic heterocycles. The zero-order valence-electron chi connectivity index (χ0n) is 14.1. The predicted octanol–water partition coefficient (Wildman–Crippen LogP) is 1.14. The van der Waals surface area contributed by atoms with Crippen molar-refractivity contribution in [3.8, 4) is 11.5 Å². The number of ether oxygens (including phenoxy) is 2. The average Bonchev–Trinajstić information content (AvgIpc) is 2.52. The Bertz CT molecular complexity index is 635. The highest BCUT2D eigenvalue weighted by molar-refractivity contribution is 7.91. The molecule has 3 N–H and O–H groups in total. The van der Waals surface area contributed by atoms with Gasteiger partial charge in [0.2, 0.25) is 5.91 Å². The first-order chi connectivity index (χ1) is 10.8. The van der Waals surface area contributed by atoms with E-state index >= 15 is 0 Å². The van der Waals surface area contributed by atoms with E-state index in [-0.39, 0.29) is 41.4 Å². The number of rotatable bonds is 9. The number of carbonyl (C=O) groups excluding carboxylic acids is 1. The van der Waals surface area contributed by atoms with Crippen LogP contribution in [-0.2, 0) is 14.6 Å². The fourth-order valence-corrected chi connectivity index (χ4v) is 3.13. The van der Waals surface area contributed by atoms with Crippen molar-refractivity contribution in [2.24, 2.45) is 5.73 Å². The van der Waals surface area contributed by atoms with Crippen molar-refractivity contribution in [1.29, 1.82) is 0 Å². The summed E-state index contributed by atoms with van der Waals surface area (Å²) in [6, 6.07) is 4.34. The van der Waals surface area contributed by atoms with E-state index < -0.39 is 9.84 Å². The fraction of sp³-hybridized carbons (Fsp3) is 0.533. The van der Waals surface area contributed by atoms with Gasteiger partial charge in [-0.25, -0.2) is 8.42 Å². The molecule has 138 valence electrons. The third kappa shape index (κ3) is 6.94. The van der Waals surface area contributed by atoms with Crippen LogP contribution in [-0.4, -0.2) is 46.9 Å². The standard InChI is InChI=1S/C15H24N2O5S.ClH/c1-11(16)6-8-17-15(18)7-9-23(19,20)12-4-5-13(21-2)14(10-12)22-3;/h4-5,10-11H,6-9,16H2,1-3H3,(H,17,18);1H. The molecule has 0 heterocycles. The van der Waals surface area contributed by atoms with Gasteiger partial charge < -0.3 is 20.5 Å². The normalized spacial score (nSPS) is 12.0. The second kappa shape index (κ2) is 10.4. The molecule has 0 fully saturated rings. The van der Waals surface area contributed by atoms with Gasteiger partial charge in [-0.1, -0.05) is 0 Å². The highest BCUT2D eigenvalue weighted by Crippen LogP contribution is 2.29. The summed E-state index contributed by atoms with van der Waals surface area (Å²) in [4.78, 5) is 11.8. The number of nitrogens with two attached hydrogens (primary N) is 1. The summed E-state index contributed by atoms with van der Waals surface area (Å²) in [6.07, 6.45) is 0.545. The van der Waals surface area contributed by atoms with Crippen LogP contribution in [0, 0.1) is 0 Å². The fourth-order valence-electron chi connectivity index (χ4n) is 1.88. The van der Waals surface area contributed by atoms with Crippen molar-refractivity contribution < 1.29 is 22.7 Å². The van der Waals surface area contributed by atoms with E-state index in [2.05, 4.69) is 5.32 Å². The molecule has 1 aromatic carbocycles. The third-order valence-corrected chi connectivity index (χ3v) is 4.95. The van der Waals surface area contributed by atoms with Gasteiger partial charge in [-0.15, -0.1) is 12.4 Å². The van der Waals surface area contributed by atoms with Crippen LogP contribution in [0.15, 0.2) is 23.1 Å². The van der Waals surface area contributed by atoms with Gasteiger partial charge in [0, 0.05) is 25.1 Å². The van der Waals surface area contributed by atoms with Gasteiger partial charge in [-0.3, -0.25) is 4.79 Å². The van der Waals surface area contributed by atoms with Crippen molar-refractivity contribution >= 4 is 28.2 Å². The van der Waals surface area contributed by atoms with Gasteiger partial charge in [0.1, 0.15) is 0 Å². The van der Waals surface area contributed by atoms with Crippen LogP contribution < -0.4 is 20.5 Å². The first-order valence-corrected chi connectivity index (χ1v) is 8.92. The van der Waals surface area contributed by atoms with Gasteiger partial charge in [-0.05, 0) is 25.5 Å². The molecule has 1 unspecified atom stereocenters. The molecule has 0 radical (unpaired) electrons. The smallest absolute Gasteiger partial charge is 0.221 e. The van der Waals surface area contributed by atoms with Gasteiger partial charge in [0.05, 0.1) is 24.9 Å². The van der Waals surface area contributed by atoms with Gasteiger partial charge in [0.25, 0.3) is 0 Å². The Kier molecular flexibility index (Phi) is 9.72. The van der Waals surface area contributed by atoms with Crippen molar-refractivity contribution in [3.05, 3.63) is 18.2 Å². The summed E-state index contributed by atoms with van der Waals surface area (Å²) in [5, 5.41) is 2.65. The summed E-state index contributed by atoms with van der Waals surface area (Å²) in [6.45, 7) is 2.28. The van der Waals surface area contributed by atoms with Crippen LogP contribution in [0.3, 0.4) is 0 Å². The van der Waals surface area contributed by atoms with E-state index in [0.717, 1.165) is 0 Å². The highest BCUT2D eigenvalue weighted by atomic mass is 35.5. The lowest BCUT2D eigenvalue weighted by atomic mass is 10.2. The summed E-state index contributed by atoms with van der Waals surface area (Å²) in [5.74, 6) is 0.191. The first-order valence-electron chi connectivity index (χ1n) is 7.27. The zero-order chi connectivity index (χ0) is 17.5. The molecular weight excluding hydrogens is 356 g/mol. The minimum Gasteiger partial charge on any atom is -0.493 e. The van der Waals surface area contributed by atoms with Crippen molar-refractivity contribution in [2.75, 3.05) is 26.5 Å². The lowest BCUT2D eigenvalue weighted by Gasteiger charge is -2.10. The van der Waals surface area contributed by atoms with Crippen molar-refractivity contribution in [1.82, 2.24) is 5.32 Å². The molecule has 1 rings (SSSR count). The molecule has 9 heteroatoms. The maximum absolute atomic E-state index is 12.3. The first kappa shape index (κ1) is 22.5. The van der Waals surface area contributed by atoms with Gasteiger partial charge >= 0.3 is 0 Å². The summed E-state index contributed by atoms with van der Waals surface area (Å²) in [7, 11) is -0.674. The van der Waals surface area contributed by atoms with Crippen LogP contribution >= 0.6 is 12.4 Å². The van der Waals surface area contributed by atoms with Crippen LogP contribution in [0.4, 0.5) is 0 Å². The Balaban J connectivity index is 0.00000529. The molecule has 0 spiro atoms. The maximum Gasteiger partial charge on any atom is 0.221 e. The summed E-state index contributed by atoms with van der Waals surface area (Å²) >= 11 is 0. The largest absolute Gasteiger partial charge is 0.493 e. The molecule has 0 aliphatic rings. The molecule has 1 amide bonds. The quantitative estimate of drug-likeness (QED) is 0.665. The zero-order valence-corrected chi connectivity index (χ0v) is 15.7. The number of sulfone groups is 1. The number of amides is 1. The molecule has 0 aliphatic carbocycles. The number of carbonyl (C=O) groups is 1. The van der Waals surface area contributed by atoms with E-state index in [1.807, 2.05) is 6.92 Å². The number of hydrogen-bond donors (Lipinski definition) is 2. The molecule has 7 nitrogen and oxygen atoms in total. The van der Waals surface area contributed by atoms with Gasteiger partial charge in [0.15, 0.2) is 21.3 Å². The molecular formula is C15H25ClN2O5S.